The van der Waals surface area contributed by atoms with E-state index in [1.54, 1.807) is 12.1 Å². The van der Waals surface area contributed by atoms with Gasteiger partial charge in [-0.1, -0.05) is 12.1 Å². The summed E-state index contributed by atoms with van der Waals surface area (Å²) in [5.41, 5.74) is 1.55. The summed E-state index contributed by atoms with van der Waals surface area (Å²) in [6.07, 6.45) is 0. The number of halogens is 1. The van der Waals surface area contributed by atoms with Crippen molar-refractivity contribution >= 4 is 23.2 Å². The van der Waals surface area contributed by atoms with Gasteiger partial charge in [0, 0.05) is 17.5 Å². The molecule has 0 bridgehead atoms. The molecule has 1 amide bonds. The van der Waals surface area contributed by atoms with Crippen LogP contribution in [0.5, 0.6) is 0 Å². The van der Waals surface area contributed by atoms with Crippen LogP contribution in [0.3, 0.4) is 0 Å². The van der Waals surface area contributed by atoms with Gasteiger partial charge in [-0.15, -0.1) is 10.2 Å². The van der Waals surface area contributed by atoms with Gasteiger partial charge in [-0.3, -0.25) is 4.79 Å². The summed E-state index contributed by atoms with van der Waals surface area (Å²) in [6.45, 7) is -0.459. The molecule has 0 aliphatic carbocycles. The first kappa shape index (κ1) is 17.7. The highest BCUT2D eigenvalue weighted by Crippen LogP contribution is 2.16. The van der Waals surface area contributed by atoms with Gasteiger partial charge in [-0.25, -0.2) is 9.18 Å². The van der Waals surface area contributed by atoms with Gasteiger partial charge >= 0.3 is 5.97 Å². The smallest absolute Gasteiger partial charge is 0.330 e. The number of rotatable bonds is 7. The molecule has 0 atom stereocenters. The number of nitrogens with zero attached hydrogens (tertiary/aromatic N) is 4. The quantitative estimate of drug-likeness (QED) is 0.627. The molecule has 0 saturated carbocycles. The van der Waals surface area contributed by atoms with Gasteiger partial charge in [0.2, 0.25) is 5.82 Å². The summed E-state index contributed by atoms with van der Waals surface area (Å²) < 4.78 is 17.7. The number of aromatic nitrogens is 4. The van der Waals surface area contributed by atoms with E-state index in [0.29, 0.717) is 5.82 Å². The summed E-state index contributed by atoms with van der Waals surface area (Å²) in [6, 6.07) is 7.57. The number of carbonyl (C=O) groups is 2. The molecule has 2 aromatic heterocycles. The minimum Gasteiger partial charge on any atom is -0.454 e. The number of thiophene rings is 1. The molecule has 1 aromatic carbocycles. The van der Waals surface area contributed by atoms with Crippen molar-refractivity contribution in [3.63, 3.8) is 0 Å². The van der Waals surface area contributed by atoms with Crippen molar-refractivity contribution in [2.45, 2.75) is 13.1 Å². The van der Waals surface area contributed by atoms with Crippen molar-refractivity contribution in [2.24, 2.45) is 0 Å². The molecule has 0 spiro atoms. The first-order valence-electron chi connectivity index (χ1n) is 7.57. The summed E-state index contributed by atoms with van der Waals surface area (Å²) in [4.78, 5) is 24.5. The molecular weight excluding hydrogens is 361 g/mol. The predicted octanol–water partition coefficient (Wildman–Crippen LogP) is 1.40. The van der Waals surface area contributed by atoms with Crippen molar-refractivity contribution in [3.8, 4) is 11.4 Å². The molecule has 0 aliphatic rings. The molecule has 2 heterocycles. The fraction of sp³-hybridized carbons (Fsp3) is 0.188. The Morgan fingerprint density at radius 1 is 1.23 bits per heavy atom. The molecule has 3 aromatic rings. The normalized spacial score (nSPS) is 10.5. The summed E-state index contributed by atoms with van der Waals surface area (Å²) in [5.74, 6) is -1.06. The van der Waals surface area contributed by atoms with Crippen LogP contribution in [-0.2, 0) is 27.4 Å². The van der Waals surface area contributed by atoms with E-state index in [-0.39, 0.29) is 18.9 Å². The highest BCUT2D eigenvalue weighted by molar-refractivity contribution is 7.08. The summed E-state index contributed by atoms with van der Waals surface area (Å²) in [7, 11) is 0. The van der Waals surface area contributed by atoms with E-state index in [9.17, 15) is 14.0 Å². The zero-order valence-electron chi connectivity index (χ0n) is 13.5. The Morgan fingerprint density at radius 3 is 2.77 bits per heavy atom. The summed E-state index contributed by atoms with van der Waals surface area (Å²) in [5, 5.41) is 18.0. The van der Waals surface area contributed by atoms with Crippen molar-refractivity contribution in [1.29, 1.82) is 0 Å². The number of hydrogen-bond donors (Lipinski definition) is 1. The predicted molar refractivity (Wildman–Crippen MR) is 90.3 cm³/mol. The van der Waals surface area contributed by atoms with E-state index in [4.69, 9.17) is 4.74 Å². The Bertz CT molecular complexity index is 880. The van der Waals surface area contributed by atoms with Crippen molar-refractivity contribution in [1.82, 2.24) is 25.5 Å². The first-order chi connectivity index (χ1) is 12.6. The van der Waals surface area contributed by atoms with Gasteiger partial charge in [-0.2, -0.15) is 16.1 Å². The second-order valence-electron chi connectivity index (χ2n) is 5.22. The number of amides is 1. The SMILES string of the molecule is O=C(COC(=O)Cn1nnc(-c2ccsc2)n1)NCc1ccc(F)cc1. The van der Waals surface area contributed by atoms with E-state index in [2.05, 4.69) is 20.7 Å². The Kier molecular flexibility index (Phi) is 5.64. The highest BCUT2D eigenvalue weighted by Gasteiger charge is 2.12. The van der Waals surface area contributed by atoms with Crippen LogP contribution < -0.4 is 5.32 Å². The number of tetrazole rings is 1. The lowest BCUT2D eigenvalue weighted by atomic mass is 10.2. The zero-order chi connectivity index (χ0) is 18.4. The zero-order valence-corrected chi connectivity index (χ0v) is 14.3. The van der Waals surface area contributed by atoms with Crippen LogP contribution in [0.15, 0.2) is 41.1 Å². The van der Waals surface area contributed by atoms with Crippen LogP contribution in [0, 0.1) is 5.82 Å². The van der Waals surface area contributed by atoms with Gasteiger partial charge in [0.1, 0.15) is 5.82 Å². The third-order valence-corrected chi connectivity index (χ3v) is 3.95. The average Bonchev–Trinajstić information content (AvgIpc) is 3.31. The monoisotopic (exact) mass is 375 g/mol. The average molecular weight is 375 g/mol. The number of hydrogen-bond acceptors (Lipinski definition) is 7. The third kappa shape index (κ3) is 4.93. The van der Waals surface area contributed by atoms with E-state index in [1.165, 1.54) is 23.5 Å². The molecule has 0 radical (unpaired) electrons. The maximum absolute atomic E-state index is 12.8. The lowest BCUT2D eigenvalue weighted by molar-refractivity contribution is -0.149. The molecule has 26 heavy (non-hydrogen) atoms. The molecule has 0 fully saturated rings. The van der Waals surface area contributed by atoms with Crippen LogP contribution in [0.25, 0.3) is 11.4 Å². The fourth-order valence-corrected chi connectivity index (χ4v) is 2.61. The van der Waals surface area contributed by atoms with Crippen molar-refractivity contribution in [3.05, 3.63) is 52.5 Å². The molecule has 3 rings (SSSR count). The maximum atomic E-state index is 12.8. The van der Waals surface area contributed by atoms with E-state index in [0.717, 1.165) is 15.9 Å². The van der Waals surface area contributed by atoms with E-state index < -0.39 is 18.5 Å². The summed E-state index contributed by atoms with van der Waals surface area (Å²) >= 11 is 1.50. The fourth-order valence-electron chi connectivity index (χ4n) is 1.98. The number of ether oxygens (including phenoxy) is 1. The molecule has 10 heteroatoms. The van der Waals surface area contributed by atoms with Crippen LogP contribution >= 0.6 is 11.3 Å². The number of carbonyl (C=O) groups excluding carboxylic acids is 2. The van der Waals surface area contributed by atoms with Crippen LogP contribution in [-0.4, -0.2) is 38.7 Å². The molecule has 1 N–H and O–H groups in total. The van der Waals surface area contributed by atoms with Crippen molar-refractivity contribution in [2.75, 3.05) is 6.61 Å². The van der Waals surface area contributed by atoms with Crippen LogP contribution in [0.4, 0.5) is 4.39 Å². The van der Waals surface area contributed by atoms with Gasteiger partial charge in [0.25, 0.3) is 5.91 Å². The largest absolute Gasteiger partial charge is 0.454 e. The Morgan fingerprint density at radius 2 is 2.04 bits per heavy atom. The minimum absolute atomic E-state index is 0.214. The van der Waals surface area contributed by atoms with Gasteiger partial charge < -0.3 is 10.1 Å². The topological polar surface area (TPSA) is 99.0 Å². The maximum Gasteiger partial charge on any atom is 0.330 e. The Labute approximate surface area is 151 Å². The molecule has 0 unspecified atom stereocenters. The van der Waals surface area contributed by atoms with Crippen LogP contribution in [0.2, 0.25) is 0 Å². The first-order valence-corrected chi connectivity index (χ1v) is 8.51. The van der Waals surface area contributed by atoms with Gasteiger partial charge in [0.15, 0.2) is 13.2 Å². The van der Waals surface area contributed by atoms with E-state index >= 15 is 0 Å². The van der Waals surface area contributed by atoms with Gasteiger partial charge in [-0.05, 0) is 34.4 Å². The number of nitrogens with one attached hydrogen (secondary N) is 1. The highest BCUT2D eigenvalue weighted by atomic mass is 32.1. The van der Waals surface area contributed by atoms with Crippen LogP contribution in [0.1, 0.15) is 5.56 Å². The molecular formula is C16H14FN5O3S. The lowest BCUT2D eigenvalue weighted by Crippen LogP contribution is -2.29. The molecule has 0 aliphatic heterocycles. The second kappa shape index (κ2) is 8.30. The minimum atomic E-state index is -0.656. The third-order valence-electron chi connectivity index (χ3n) is 3.27. The molecule has 0 saturated heterocycles. The van der Waals surface area contributed by atoms with E-state index in [1.807, 2.05) is 16.8 Å². The standard InChI is InChI=1S/C16H14FN5O3S/c17-13-3-1-11(2-4-13)7-18-14(23)9-25-15(24)8-22-20-16(19-21-22)12-5-6-26-10-12/h1-6,10H,7-9H2,(H,18,23). The number of esters is 1. The molecule has 134 valence electrons. The van der Waals surface area contributed by atoms with Crippen molar-refractivity contribution < 1.29 is 18.7 Å². The Hall–Kier alpha value is -3.14. The van der Waals surface area contributed by atoms with Gasteiger partial charge in [0.05, 0.1) is 0 Å². The Balaban J connectivity index is 1.41. The second-order valence-corrected chi connectivity index (χ2v) is 6.00. The number of benzene rings is 1. The lowest BCUT2D eigenvalue weighted by Gasteiger charge is -2.06. The molecule has 8 nitrogen and oxygen atoms in total.